The number of rotatable bonds is 7. The highest BCUT2D eigenvalue weighted by molar-refractivity contribution is 7.78. The normalized spacial score (nSPS) is 21.0. The summed E-state index contributed by atoms with van der Waals surface area (Å²) in [4.78, 5) is 26.3. The fourth-order valence-electron chi connectivity index (χ4n) is 6.39. The van der Waals surface area contributed by atoms with E-state index in [1.165, 1.54) is 73.6 Å². The van der Waals surface area contributed by atoms with Crippen LogP contribution in [0.4, 0.5) is 0 Å². The van der Waals surface area contributed by atoms with E-state index in [9.17, 15) is 4.79 Å². The number of benzene rings is 2. The summed E-state index contributed by atoms with van der Waals surface area (Å²) in [6, 6.07) is 15.6. The van der Waals surface area contributed by atoms with Crippen molar-refractivity contribution in [1.29, 1.82) is 0 Å². The number of thiol groups is 1. The van der Waals surface area contributed by atoms with Crippen LogP contribution in [-0.4, -0.2) is 39.6 Å². The number of hydrogen-bond donors (Lipinski definition) is 4. The smallest absolute Gasteiger partial charge is 0.290 e. The molecular formula is C33H46N4O3S. The minimum Gasteiger partial charge on any atom is -0.483 e. The van der Waals surface area contributed by atoms with E-state index in [-0.39, 0.29) is 17.9 Å². The largest absolute Gasteiger partial charge is 0.483 e. The van der Waals surface area contributed by atoms with Crippen molar-refractivity contribution in [3.63, 3.8) is 0 Å². The van der Waals surface area contributed by atoms with Crippen LogP contribution in [0.15, 0.2) is 42.5 Å². The molecule has 0 radical (unpaired) electrons. The summed E-state index contributed by atoms with van der Waals surface area (Å²) in [5.74, 6) is 2.95. The number of amides is 1. The van der Waals surface area contributed by atoms with E-state index < -0.39 is 0 Å². The second-order valence-electron chi connectivity index (χ2n) is 12.0. The van der Waals surface area contributed by atoms with E-state index in [1.807, 2.05) is 6.92 Å². The minimum absolute atomic E-state index is 0.147. The molecule has 1 aromatic heterocycles. The molecule has 3 fully saturated rings. The zero-order valence-corrected chi connectivity index (χ0v) is 25.6. The predicted octanol–water partition coefficient (Wildman–Crippen LogP) is 6.80. The lowest BCUT2D eigenvalue weighted by molar-refractivity contribution is -0.127. The van der Waals surface area contributed by atoms with Crippen LogP contribution in [0.2, 0.25) is 0 Å². The summed E-state index contributed by atoms with van der Waals surface area (Å²) >= 11 is 3.54. The lowest BCUT2D eigenvalue weighted by Gasteiger charge is -2.31. The van der Waals surface area contributed by atoms with Gasteiger partial charge in [-0.25, -0.2) is 4.98 Å². The Morgan fingerprint density at radius 3 is 2.34 bits per heavy atom. The Morgan fingerprint density at radius 2 is 1.73 bits per heavy atom. The highest BCUT2D eigenvalue weighted by Crippen LogP contribution is 2.44. The zero-order valence-electron chi connectivity index (χ0n) is 24.7. The van der Waals surface area contributed by atoms with Gasteiger partial charge in [-0.2, -0.15) is 0 Å². The van der Waals surface area contributed by atoms with Crippen molar-refractivity contribution in [2.75, 3.05) is 7.05 Å². The van der Waals surface area contributed by atoms with Gasteiger partial charge in [0, 0.05) is 18.5 Å². The first kappa shape index (κ1) is 31.1. The Labute approximate surface area is 250 Å². The number of aryl methyl sites for hydroxylation is 2. The molecule has 2 atom stereocenters. The van der Waals surface area contributed by atoms with Gasteiger partial charge in [0.2, 0.25) is 5.91 Å². The molecule has 0 bridgehead atoms. The fraction of sp³-hybridized carbons (Fsp3) is 0.545. The van der Waals surface area contributed by atoms with Gasteiger partial charge in [0.05, 0.1) is 11.0 Å². The van der Waals surface area contributed by atoms with Gasteiger partial charge in [0.1, 0.15) is 5.82 Å². The van der Waals surface area contributed by atoms with Gasteiger partial charge in [-0.1, -0.05) is 68.8 Å². The quantitative estimate of drug-likeness (QED) is 0.183. The average molecular weight is 579 g/mol. The summed E-state index contributed by atoms with van der Waals surface area (Å²) in [5, 5.41) is 10.4. The van der Waals surface area contributed by atoms with Gasteiger partial charge < -0.3 is 15.0 Å². The number of carbonyl (C=O) groups is 2. The van der Waals surface area contributed by atoms with Gasteiger partial charge in [-0.05, 0) is 99.6 Å². The molecule has 3 aliphatic carbocycles. The predicted molar refractivity (Wildman–Crippen MR) is 169 cm³/mol. The number of carbonyl (C=O) groups excluding carboxylic acids is 1. The summed E-state index contributed by atoms with van der Waals surface area (Å²) < 4.78 is 4.58. The number of fused-ring (bicyclic) bond motifs is 1. The number of nitrogens with one attached hydrogen (secondary N) is 2. The van der Waals surface area contributed by atoms with E-state index in [0.29, 0.717) is 11.8 Å². The Hall–Kier alpha value is -2.84. The van der Waals surface area contributed by atoms with E-state index in [1.54, 1.807) is 7.05 Å². The van der Waals surface area contributed by atoms with Crippen LogP contribution in [0, 0.1) is 18.8 Å². The number of carboxylic acid groups (broad SMARTS) is 1. The van der Waals surface area contributed by atoms with Crippen LogP contribution < -0.4 is 10.0 Å². The minimum atomic E-state index is -0.250. The third-order valence-electron chi connectivity index (χ3n) is 9.36. The van der Waals surface area contributed by atoms with Crippen LogP contribution in [-0.2, 0) is 16.6 Å². The van der Waals surface area contributed by atoms with Crippen LogP contribution in [0.3, 0.4) is 0 Å². The first-order valence-electron chi connectivity index (χ1n) is 15.1. The summed E-state index contributed by atoms with van der Waals surface area (Å²) in [6.07, 6.45) is 13.5. The standard InChI is InChI=1S/C31H39N3O.CH5NS.CH2O2/c1-21-32-28-20-26(13-14-29(28)34(21)2)24-11-9-23(10-12-24)25-7-4-8-27(19-25)30(35)33-31(17-18-31)16-15-22-5-3-6-22;1-2-3;2-1-3/h9-14,20,22,25,27H,3-8,15-19H2,1-2H3,(H,33,35);2-3H,1H3;1H,(H,2,3). The van der Waals surface area contributed by atoms with Crippen LogP contribution in [0.1, 0.15) is 87.9 Å². The third-order valence-corrected chi connectivity index (χ3v) is 9.36. The maximum atomic E-state index is 13.2. The van der Waals surface area contributed by atoms with Crippen LogP contribution in [0.25, 0.3) is 22.2 Å². The van der Waals surface area contributed by atoms with Crippen molar-refractivity contribution in [3.8, 4) is 11.1 Å². The molecule has 8 heteroatoms. The first-order valence-corrected chi connectivity index (χ1v) is 15.5. The number of aromatic nitrogens is 2. The molecule has 6 rings (SSSR count). The summed E-state index contributed by atoms with van der Waals surface area (Å²) in [6.45, 7) is 1.80. The molecule has 0 aliphatic heterocycles. The topological polar surface area (TPSA) is 96.3 Å². The number of imidazole rings is 1. The van der Waals surface area contributed by atoms with Crippen molar-refractivity contribution >= 4 is 36.2 Å². The van der Waals surface area contributed by atoms with E-state index in [4.69, 9.17) is 14.9 Å². The Morgan fingerprint density at radius 1 is 1.10 bits per heavy atom. The van der Waals surface area contributed by atoms with Crippen LogP contribution in [0.5, 0.6) is 0 Å². The SMILES string of the molecule is CNS.Cc1nc2cc(-c3ccc(C4CCCC(C(=O)NC5(CCC6CCC6)CC5)C4)cc3)ccc2n1C.O=CO. The average Bonchev–Trinajstić information content (AvgIpc) is 3.65. The molecule has 1 amide bonds. The fourth-order valence-corrected chi connectivity index (χ4v) is 6.39. The maximum Gasteiger partial charge on any atom is 0.290 e. The van der Waals surface area contributed by atoms with E-state index in [0.717, 1.165) is 36.5 Å². The van der Waals surface area contributed by atoms with E-state index in [2.05, 4.69) is 76.9 Å². The Balaban J connectivity index is 0.000000596. The summed E-state index contributed by atoms with van der Waals surface area (Å²) in [5.41, 5.74) is 6.19. The number of hydrogen-bond acceptors (Lipinski definition) is 5. The van der Waals surface area contributed by atoms with Crippen molar-refractivity contribution in [2.45, 2.75) is 89.0 Å². The highest BCUT2D eigenvalue weighted by atomic mass is 32.1. The molecule has 3 saturated carbocycles. The molecule has 222 valence electrons. The molecule has 41 heavy (non-hydrogen) atoms. The highest BCUT2D eigenvalue weighted by Gasteiger charge is 2.45. The Kier molecular flexibility index (Phi) is 10.9. The molecule has 0 spiro atoms. The molecule has 0 saturated heterocycles. The molecule has 2 aromatic carbocycles. The van der Waals surface area contributed by atoms with Crippen molar-refractivity contribution < 1.29 is 14.7 Å². The third kappa shape index (κ3) is 7.92. The van der Waals surface area contributed by atoms with Gasteiger partial charge in [-0.3, -0.25) is 14.3 Å². The second-order valence-corrected chi connectivity index (χ2v) is 12.5. The van der Waals surface area contributed by atoms with Crippen molar-refractivity contribution in [2.24, 2.45) is 18.9 Å². The molecule has 3 N–H and O–H groups in total. The van der Waals surface area contributed by atoms with Gasteiger partial charge in [0.15, 0.2) is 0 Å². The molecular weight excluding hydrogens is 532 g/mol. The first-order chi connectivity index (χ1) is 19.8. The lowest BCUT2D eigenvalue weighted by atomic mass is 9.77. The monoisotopic (exact) mass is 578 g/mol. The molecule has 7 nitrogen and oxygen atoms in total. The number of nitrogens with zero attached hydrogens (tertiary/aromatic N) is 2. The zero-order chi connectivity index (χ0) is 29.4. The molecule has 3 aliphatic rings. The lowest BCUT2D eigenvalue weighted by Crippen LogP contribution is -2.42. The molecule has 1 heterocycles. The van der Waals surface area contributed by atoms with E-state index >= 15 is 0 Å². The van der Waals surface area contributed by atoms with Gasteiger partial charge in [-0.15, -0.1) is 0 Å². The Bertz CT molecular complexity index is 1300. The van der Waals surface area contributed by atoms with Gasteiger partial charge >= 0.3 is 0 Å². The van der Waals surface area contributed by atoms with Crippen molar-refractivity contribution in [3.05, 3.63) is 53.9 Å². The summed E-state index contributed by atoms with van der Waals surface area (Å²) in [7, 11) is 3.81. The second kappa shape index (κ2) is 14.4. The van der Waals surface area contributed by atoms with Crippen LogP contribution >= 0.6 is 12.8 Å². The molecule has 2 unspecified atom stereocenters. The molecule has 3 aromatic rings. The van der Waals surface area contributed by atoms with Gasteiger partial charge in [0.25, 0.3) is 6.47 Å². The van der Waals surface area contributed by atoms with Crippen molar-refractivity contribution in [1.82, 2.24) is 19.6 Å². The maximum absolute atomic E-state index is 13.2.